The zero-order valence-corrected chi connectivity index (χ0v) is 15.5. The molecule has 3 nitrogen and oxygen atoms in total. The quantitative estimate of drug-likeness (QED) is 0.509. The van der Waals surface area contributed by atoms with Crippen LogP contribution in [-0.4, -0.2) is 18.6 Å². The summed E-state index contributed by atoms with van der Waals surface area (Å²) in [4.78, 5) is 12.4. The number of rotatable bonds is 8. The molecule has 1 atom stereocenters. The minimum Gasteiger partial charge on any atom is -0.494 e. The molecule has 0 spiro atoms. The monoisotopic (exact) mass is 379 g/mol. The lowest BCUT2D eigenvalue weighted by molar-refractivity contribution is -0.188. The predicted octanol–water partition coefficient (Wildman–Crippen LogP) is 5.16. The van der Waals surface area contributed by atoms with Crippen molar-refractivity contribution < 1.29 is 22.7 Å². The molecule has 0 amide bonds. The molecule has 0 aliphatic heterocycles. The second kappa shape index (κ2) is 8.57. The van der Waals surface area contributed by atoms with Crippen molar-refractivity contribution in [2.24, 2.45) is 5.73 Å². The fourth-order valence-corrected chi connectivity index (χ4v) is 2.64. The summed E-state index contributed by atoms with van der Waals surface area (Å²) in [5.41, 5.74) is 3.94. The van der Waals surface area contributed by atoms with Crippen molar-refractivity contribution in [2.75, 3.05) is 6.61 Å². The van der Waals surface area contributed by atoms with Gasteiger partial charge in [0.15, 0.2) is 5.78 Å². The zero-order chi connectivity index (χ0) is 20.1. The Morgan fingerprint density at radius 2 is 1.63 bits per heavy atom. The van der Waals surface area contributed by atoms with Gasteiger partial charge in [-0.2, -0.15) is 13.2 Å². The van der Waals surface area contributed by atoms with Crippen LogP contribution in [0, 0.1) is 6.92 Å². The molecule has 0 bridgehead atoms. The molecule has 0 radical (unpaired) electrons. The highest BCUT2D eigenvalue weighted by Gasteiger charge is 2.54. The van der Waals surface area contributed by atoms with E-state index in [0.717, 1.165) is 18.4 Å². The molecule has 0 aliphatic carbocycles. The van der Waals surface area contributed by atoms with Crippen molar-refractivity contribution in [3.63, 3.8) is 0 Å². The number of halogens is 3. The van der Waals surface area contributed by atoms with Gasteiger partial charge in [-0.15, -0.1) is 0 Å². The molecule has 0 aromatic heterocycles. The van der Waals surface area contributed by atoms with Gasteiger partial charge in [-0.1, -0.05) is 55.3 Å². The molecule has 6 heteroatoms. The number of hydrogen-bond donors (Lipinski definition) is 1. The summed E-state index contributed by atoms with van der Waals surface area (Å²) in [7, 11) is 0. The Morgan fingerprint density at radius 1 is 1.04 bits per heavy atom. The van der Waals surface area contributed by atoms with Crippen LogP contribution in [-0.2, 0) is 5.54 Å². The van der Waals surface area contributed by atoms with Crippen LogP contribution in [0.4, 0.5) is 13.2 Å². The first-order valence-electron chi connectivity index (χ1n) is 8.86. The van der Waals surface area contributed by atoms with E-state index >= 15 is 0 Å². The summed E-state index contributed by atoms with van der Waals surface area (Å²) in [5, 5.41) is 0. The van der Waals surface area contributed by atoms with Gasteiger partial charge < -0.3 is 10.5 Å². The van der Waals surface area contributed by atoms with Crippen LogP contribution < -0.4 is 10.5 Å². The average molecular weight is 379 g/mol. The summed E-state index contributed by atoms with van der Waals surface area (Å²) >= 11 is 0. The molecule has 0 unspecified atom stereocenters. The molecular formula is C21H24F3NO2. The largest absolute Gasteiger partial charge is 0.494 e. The third kappa shape index (κ3) is 5.10. The molecular weight excluding hydrogens is 355 g/mol. The molecule has 0 saturated heterocycles. The van der Waals surface area contributed by atoms with E-state index in [9.17, 15) is 18.0 Å². The smallest absolute Gasteiger partial charge is 0.411 e. The van der Waals surface area contributed by atoms with Crippen molar-refractivity contribution >= 4 is 5.78 Å². The molecule has 0 aliphatic rings. The lowest BCUT2D eigenvalue weighted by Crippen LogP contribution is -2.51. The molecule has 2 rings (SSSR count). The van der Waals surface area contributed by atoms with Crippen LogP contribution in [0.25, 0.3) is 0 Å². The maximum absolute atomic E-state index is 13.8. The van der Waals surface area contributed by atoms with E-state index in [-0.39, 0.29) is 11.1 Å². The van der Waals surface area contributed by atoms with Crippen molar-refractivity contribution in [3.8, 4) is 5.75 Å². The maximum Gasteiger partial charge on any atom is 0.411 e. The van der Waals surface area contributed by atoms with E-state index in [1.807, 2.05) is 13.8 Å². The number of carbonyl (C=O) groups excluding carboxylic acids is 1. The molecule has 0 heterocycles. The van der Waals surface area contributed by atoms with E-state index in [1.165, 1.54) is 36.4 Å². The van der Waals surface area contributed by atoms with Crippen LogP contribution in [0.3, 0.4) is 0 Å². The van der Waals surface area contributed by atoms with E-state index < -0.39 is 23.9 Å². The summed E-state index contributed by atoms with van der Waals surface area (Å²) in [6.45, 7) is 4.35. The van der Waals surface area contributed by atoms with Crippen molar-refractivity contribution in [1.29, 1.82) is 0 Å². The van der Waals surface area contributed by atoms with Gasteiger partial charge >= 0.3 is 6.18 Å². The predicted molar refractivity (Wildman–Crippen MR) is 98.9 cm³/mol. The third-order valence-corrected chi connectivity index (χ3v) is 4.45. The molecule has 146 valence electrons. The molecule has 2 aromatic rings. The normalized spacial score (nSPS) is 13.9. The lowest BCUT2D eigenvalue weighted by atomic mass is 9.83. The maximum atomic E-state index is 13.8. The van der Waals surface area contributed by atoms with Crippen LogP contribution in [0.15, 0.2) is 48.5 Å². The van der Waals surface area contributed by atoms with E-state index in [0.29, 0.717) is 12.4 Å². The van der Waals surface area contributed by atoms with Crippen LogP contribution in [0.2, 0.25) is 0 Å². The summed E-state index contributed by atoms with van der Waals surface area (Å²) in [6.07, 6.45) is -3.83. The standard InChI is InChI=1S/C21H24F3NO2/c1-3-4-13-27-18-11-9-17(10-12-18)20(25,21(22,23)24)14-19(26)16-7-5-15(2)6-8-16/h5-12H,3-4,13-14,25H2,1-2H3/t20-/m0/s1. The third-order valence-electron chi connectivity index (χ3n) is 4.45. The second-order valence-corrected chi connectivity index (χ2v) is 6.66. The molecule has 0 saturated carbocycles. The number of aryl methyl sites for hydroxylation is 1. The molecule has 0 fully saturated rings. The number of ether oxygens (including phenoxy) is 1. The first-order chi connectivity index (χ1) is 12.7. The highest BCUT2D eigenvalue weighted by molar-refractivity contribution is 5.97. The Hall–Kier alpha value is -2.34. The van der Waals surface area contributed by atoms with Crippen LogP contribution in [0.5, 0.6) is 5.75 Å². The van der Waals surface area contributed by atoms with Gasteiger partial charge in [0.05, 0.1) is 6.61 Å². The number of carbonyl (C=O) groups is 1. The van der Waals surface area contributed by atoms with Gasteiger partial charge in [0, 0.05) is 12.0 Å². The highest BCUT2D eigenvalue weighted by Crippen LogP contribution is 2.40. The molecule has 2 N–H and O–H groups in total. The van der Waals surface area contributed by atoms with Gasteiger partial charge in [0.1, 0.15) is 11.3 Å². The minimum absolute atomic E-state index is 0.168. The Morgan fingerprint density at radius 3 is 2.15 bits per heavy atom. The van der Waals surface area contributed by atoms with Crippen LogP contribution >= 0.6 is 0 Å². The summed E-state index contributed by atoms with van der Waals surface area (Å²) in [5.74, 6) is -0.181. The fraction of sp³-hybridized carbons (Fsp3) is 0.381. The van der Waals surface area contributed by atoms with Crippen molar-refractivity contribution in [1.82, 2.24) is 0 Å². The summed E-state index contributed by atoms with van der Waals surface area (Å²) in [6, 6.07) is 11.8. The second-order valence-electron chi connectivity index (χ2n) is 6.66. The average Bonchev–Trinajstić information content (AvgIpc) is 2.62. The lowest BCUT2D eigenvalue weighted by Gasteiger charge is -2.32. The Balaban J connectivity index is 2.25. The van der Waals surface area contributed by atoms with Gasteiger partial charge in [0.2, 0.25) is 0 Å². The number of benzene rings is 2. The van der Waals surface area contributed by atoms with Gasteiger partial charge in [0.25, 0.3) is 0 Å². The first kappa shape index (κ1) is 21.0. The number of alkyl halides is 3. The Labute approximate surface area is 157 Å². The molecule has 27 heavy (non-hydrogen) atoms. The zero-order valence-electron chi connectivity index (χ0n) is 15.5. The summed E-state index contributed by atoms with van der Waals surface area (Å²) < 4.78 is 46.8. The number of ketones is 1. The molecule has 2 aromatic carbocycles. The highest BCUT2D eigenvalue weighted by atomic mass is 19.4. The number of Topliss-reactive ketones (excluding diaryl/α,β-unsaturated/α-hetero) is 1. The van der Waals surface area contributed by atoms with Gasteiger partial charge in [-0.05, 0) is 31.0 Å². The van der Waals surface area contributed by atoms with Gasteiger partial charge in [-0.25, -0.2) is 0 Å². The number of nitrogens with two attached hydrogens (primary N) is 1. The van der Waals surface area contributed by atoms with Crippen molar-refractivity contribution in [2.45, 2.75) is 44.8 Å². The fourth-order valence-electron chi connectivity index (χ4n) is 2.64. The SMILES string of the molecule is CCCCOc1ccc([C@@](N)(CC(=O)c2ccc(C)cc2)C(F)(F)F)cc1. The first-order valence-corrected chi connectivity index (χ1v) is 8.86. The number of hydrogen-bond acceptors (Lipinski definition) is 3. The van der Waals surface area contributed by atoms with E-state index in [2.05, 4.69) is 0 Å². The Bertz CT molecular complexity index is 754. The minimum atomic E-state index is -4.78. The van der Waals surface area contributed by atoms with Gasteiger partial charge in [-0.3, -0.25) is 4.79 Å². The van der Waals surface area contributed by atoms with Crippen molar-refractivity contribution in [3.05, 3.63) is 65.2 Å². The van der Waals surface area contributed by atoms with E-state index in [4.69, 9.17) is 10.5 Å². The topological polar surface area (TPSA) is 52.3 Å². The van der Waals surface area contributed by atoms with E-state index in [1.54, 1.807) is 12.1 Å². The Kier molecular flexibility index (Phi) is 6.65. The van der Waals surface area contributed by atoms with Crippen LogP contribution in [0.1, 0.15) is 47.7 Å². The number of unbranched alkanes of at least 4 members (excludes halogenated alkanes) is 1.